The van der Waals surface area contributed by atoms with E-state index in [1.807, 2.05) is 33.3 Å². The van der Waals surface area contributed by atoms with Crippen molar-refractivity contribution >= 4 is 19.7 Å². The van der Waals surface area contributed by atoms with E-state index in [9.17, 15) is 19.0 Å². The standard InChI is InChI=1S/C64H119N2O7P/c1-7-10-13-16-19-22-25-28-30-31-32-33-34-35-37-39-42-45-48-51-54-57-64(68)73-62(55-52-49-46-43-40-27-24-21-18-15-12-9-3)61(60-72-74(69,70)71-59-58-66(4,5)6)65-63(67)56-53-50-47-44-41-38-36-29-26-23-20-17-14-11-8-2/h19,22-23,26,28,30,32-33,52,55,61-62H,7-18,20-21,24-25,27,29,31,34-51,53-54,56-60H2,1-6H3,(H-,65,67,69,70)/p+1/b22-19-,26-23-,30-28-,33-32-,55-52-. The van der Waals surface area contributed by atoms with E-state index in [0.717, 1.165) is 96.3 Å². The molecule has 3 atom stereocenters. The molecule has 3 unspecified atom stereocenters. The van der Waals surface area contributed by atoms with Gasteiger partial charge in [-0.1, -0.05) is 236 Å². The van der Waals surface area contributed by atoms with Crippen LogP contribution in [-0.4, -0.2) is 74.3 Å². The smallest absolute Gasteiger partial charge is 0.456 e. The average molecular weight is 1060 g/mol. The van der Waals surface area contributed by atoms with Gasteiger partial charge in [-0.25, -0.2) is 4.57 Å². The number of amides is 1. The van der Waals surface area contributed by atoms with Crippen molar-refractivity contribution in [2.45, 2.75) is 296 Å². The van der Waals surface area contributed by atoms with Gasteiger partial charge in [0.25, 0.3) is 0 Å². The highest BCUT2D eigenvalue weighted by atomic mass is 31.2. The molecule has 0 saturated heterocycles. The summed E-state index contributed by atoms with van der Waals surface area (Å²) in [6.45, 7) is 6.98. The summed E-state index contributed by atoms with van der Waals surface area (Å²) in [5.41, 5.74) is 0. The molecule has 0 spiro atoms. The minimum absolute atomic E-state index is 0.0373. The second kappa shape index (κ2) is 54.1. The van der Waals surface area contributed by atoms with Gasteiger partial charge >= 0.3 is 13.8 Å². The first kappa shape index (κ1) is 71.7. The van der Waals surface area contributed by atoms with Crippen LogP contribution in [0.2, 0.25) is 0 Å². The van der Waals surface area contributed by atoms with Gasteiger partial charge < -0.3 is 19.4 Å². The molecule has 2 N–H and O–H groups in total. The van der Waals surface area contributed by atoms with Crippen LogP contribution in [0.15, 0.2) is 60.8 Å². The number of hydrogen-bond donors (Lipinski definition) is 2. The third-order valence-corrected chi connectivity index (χ3v) is 14.7. The number of rotatable bonds is 56. The predicted octanol–water partition coefficient (Wildman–Crippen LogP) is 19.1. The lowest BCUT2D eigenvalue weighted by Gasteiger charge is -2.27. The first-order chi connectivity index (χ1) is 35.9. The number of ether oxygens (including phenoxy) is 1. The molecule has 0 fully saturated rings. The molecule has 0 aliphatic rings. The minimum atomic E-state index is -4.45. The summed E-state index contributed by atoms with van der Waals surface area (Å²) >= 11 is 0. The molecular formula is C64H120N2O7P+. The number of allylic oxidation sites excluding steroid dienone is 9. The van der Waals surface area contributed by atoms with Crippen LogP contribution in [-0.2, 0) is 27.9 Å². The number of esters is 1. The number of phosphoric ester groups is 1. The Morgan fingerprint density at radius 2 is 0.824 bits per heavy atom. The van der Waals surface area contributed by atoms with Gasteiger partial charge in [0.2, 0.25) is 5.91 Å². The molecule has 0 aliphatic carbocycles. The highest BCUT2D eigenvalue weighted by molar-refractivity contribution is 7.47. The monoisotopic (exact) mass is 1060 g/mol. The van der Waals surface area contributed by atoms with Gasteiger partial charge in [-0.2, -0.15) is 0 Å². The maximum Gasteiger partial charge on any atom is 0.472 e. The first-order valence-corrected chi connectivity index (χ1v) is 32.6. The van der Waals surface area contributed by atoms with Crippen LogP contribution < -0.4 is 5.32 Å². The van der Waals surface area contributed by atoms with Crippen LogP contribution in [0.4, 0.5) is 0 Å². The van der Waals surface area contributed by atoms with Crippen LogP contribution in [0.25, 0.3) is 0 Å². The third kappa shape index (κ3) is 54.5. The number of carbonyl (C=O) groups excluding carboxylic acids is 2. The zero-order chi connectivity index (χ0) is 54.3. The first-order valence-electron chi connectivity index (χ1n) is 31.1. The molecule has 432 valence electrons. The molecule has 0 bridgehead atoms. The van der Waals surface area contributed by atoms with E-state index in [4.69, 9.17) is 13.8 Å². The molecule has 10 heteroatoms. The molecule has 0 aromatic carbocycles. The molecule has 9 nitrogen and oxygen atoms in total. The van der Waals surface area contributed by atoms with Crippen LogP contribution >= 0.6 is 7.82 Å². The second-order valence-corrected chi connectivity index (χ2v) is 23.7. The summed E-state index contributed by atoms with van der Waals surface area (Å²) < 4.78 is 30.7. The molecule has 0 saturated carbocycles. The largest absolute Gasteiger partial charge is 0.472 e. The maximum absolute atomic E-state index is 13.5. The van der Waals surface area contributed by atoms with Crippen LogP contribution in [0.5, 0.6) is 0 Å². The Labute approximate surface area is 458 Å². The van der Waals surface area contributed by atoms with Gasteiger partial charge in [0.15, 0.2) is 0 Å². The zero-order valence-corrected chi connectivity index (χ0v) is 50.2. The van der Waals surface area contributed by atoms with Gasteiger partial charge in [0, 0.05) is 12.8 Å². The number of hydrogen-bond acceptors (Lipinski definition) is 6. The van der Waals surface area contributed by atoms with E-state index in [1.54, 1.807) is 0 Å². The Balaban J connectivity index is 5.25. The second-order valence-electron chi connectivity index (χ2n) is 22.2. The summed E-state index contributed by atoms with van der Waals surface area (Å²) in [7, 11) is 1.49. The van der Waals surface area contributed by atoms with Crippen LogP contribution in [0.1, 0.15) is 284 Å². The molecule has 0 aromatic rings. The van der Waals surface area contributed by atoms with Crippen molar-refractivity contribution in [2.75, 3.05) is 40.9 Å². The molecule has 0 aromatic heterocycles. The fourth-order valence-corrected chi connectivity index (χ4v) is 9.56. The lowest BCUT2D eigenvalue weighted by molar-refractivity contribution is -0.870. The van der Waals surface area contributed by atoms with Crippen molar-refractivity contribution in [1.82, 2.24) is 5.32 Å². The van der Waals surface area contributed by atoms with Gasteiger partial charge in [0.1, 0.15) is 19.3 Å². The molecule has 0 radical (unpaired) electrons. The fraction of sp³-hybridized carbons (Fsp3) is 0.812. The minimum Gasteiger partial charge on any atom is -0.456 e. The SMILES string of the molecule is CCCCC/C=C\C/C=C\C/C=C\CCCCCCCCCCC(=O)OC(/C=C\CCCCCCCCCCCC)C(COP(=O)(O)OCC[N+](C)(C)C)NC(=O)CCCCCCCCC/C=C\CCCCCC. The Hall–Kier alpha value is -2.29. The zero-order valence-electron chi connectivity index (χ0n) is 49.3. The van der Waals surface area contributed by atoms with Crippen molar-refractivity contribution in [3.8, 4) is 0 Å². The molecule has 1 amide bonds. The van der Waals surface area contributed by atoms with E-state index < -0.39 is 20.0 Å². The molecule has 0 rings (SSSR count). The van der Waals surface area contributed by atoms with E-state index in [2.05, 4.69) is 74.7 Å². The number of carbonyl (C=O) groups is 2. The summed E-state index contributed by atoms with van der Waals surface area (Å²) in [6.07, 6.45) is 67.8. The molecule has 0 heterocycles. The Bertz CT molecular complexity index is 1450. The number of nitrogens with zero attached hydrogens (tertiary/aromatic N) is 1. The van der Waals surface area contributed by atoms with Gasteiger partial charge in [-0.05, 0) is 96.0 Å². The van der Waals surface area contributed by atoms with Crippen molar-refractivity contribution in [2.24, 2.45) is 0 Å². The van der Waals surface area contributed by atoms with Crippen LogP contribution in [0, 0.1) is 0 Å². The summed E-state index contributed by atoms with van der Waals surface area (Å²) in [6, 6.07) is -0.854. The predicted molar refractivity (Wildman–Crippen MR) is 318 cm³/mol. The molecule has 0 aliphatic heterocycles. The Morgan fingerprint density at radius 3 is 1.28 bits per heavy atom. The van der Waals surface area contributed by atoms with Crippen LogP contribution in [0.3, 0.4) is 0 Å². The number of likely N-dealkylation sites (N-methyl/N-ethyl adjacent to an activating group) is 1. The van der Waals surface area contributed by atoms with Crippen molar-refractivity contribution < 1.29 is 37.3 Å². The quantitative estimate of drug-likeness (QED) is 0.0205. The van der Waals surface area contributed by atoms with Crippen molar-refractivity contribution in [3.05, 3.63) is 60.8 Å². The topological polar surface area (TPSA) is 111 Å². The lowest BCUT2D eigenvalue weighted by Crippen LogP contribution is -2.47. The van der Waals surface area contributed by atoms with Crippen molar-refractivity contribution in [1.29, 1.82) is 0 Å². The number of nitrogens with one attached hydrogen (secondary N) is 1. The number of unbranched alkanes of at least 4 members (excludes halogenated alkanes) is 32. The van der Waals surface area contributed by atoms with E-state index in [1.165, 1.54) is 154 Å². The average Bonchev–Trinajstić information content (AvgIpc) is 3.36. The van der Waals surface area contributed by atoms with Crippen molar-refractivity contribution in [3.63, 3.8) is 0 Å². The van der Waals surface area contributed by atoms with E-state index in [0.29, 0.717) is 17.4 Å². The summed E-state index contributed by atoms with van der Waals surface area (Å²) in [4.78, 5) is 37.7. The maximum atomic E-state index is 13.5. The van der Waals surface area contributed by atoms with Gasteiger partial charge in [-0.3, -0.25) is 18.6 Å². The highest BCUT2D eigenvalue weighted by Crippen LogP contribution is 2.43. The Kier molecular flexibility index (Phi) is 52.4. The van der Waals surface area contributed by atoms with E-state index >= 15 is 0 Å². The van der Waals surface area contributed by atoms with Gasteiger partial charge in [-0.15, -0.1) is 0 Å². The molecule has 74 heavy (non-hydrogen) atoms. The lowest BCUT2D eigenvalue weighted by atomic mass is 10.0. The summed E-state index contributed by atoms with van der Waals surface area (Å²) in [5.74, 6) is -0.514. The van der Waals surface area contributed by atoms with Gasteiger partial charge in [0.05, 0.1) is 33.8 Å². The fourth-order valence-electron chi connectivity index (χ4n) is 8.82. The number of quaternary nitrogens is 1. The third-order valence-electron chi connectivity index (χ3n) is 13.7. The molecular weight excluding hydrogens is 940 g/mol. The summed E-state index contributed by atoms with van der Waals surface area (Å²) in [5, 5.41) is 3.05. The number of phosphoric acid groups is 1. The highest BCUT2D eigenvalue weighted by Gasteiger charge is 2.30. The normalized spacial score (nSPS) is 14.1. The Morgan fingerprint density at radius 1 is 0.473 bits per heavy atom. The van der Waals surface area contributed by atoms with E-state index in [-0.39, 0.29) is 31.5 Å².